The Labute approximate surface area is 177 Å². The molecule has 0 saturated carbocycles. The maximum Gasteiger partial charge on any atom is 0.314 e. The number of hydrogen-bond donors (Lipinski definition) is 2. The van der Waals surface area contributed by atoms with E-state index in [1.54, 1.807) is 6.07 Å². The summed E-state index contributed by atoms with van der Waals surface area (Å²) in [6, 6.07) is 5.39. The van der Waals surface area contributed by atoms with E-state index in [2.05, 4.69) is 26.5 Å². The van der Waals surface area contributed by atoms with Crippen LogP contribution in [0.5, 0.6) is 17.2 Å². The zero-order valence-corrected chi connectivity index (χ0v) is 17.2. The predicted molar refractivity (Wildman–Crippen MR) is 107 cm³/mol. The van der Waals surface area contributed by atoms with Crippen LogP contribution in [0.4, 0.5) is 5.69 Å². The number of nitro groups is 1. The van der Waals surface area contributed by atoms with E-state index in [-0.39, 0.29) is 27.3 Å². The Hall–Kier alpha value is -2.56. The van der Waals surface area contributed by atoms with E-state index in [4.69, 9.17) is 32.7 Å². The van der Waals surface area contributed by atoms with Gasteiger partial charge in [0.2, 0.25) is 5.75 Å². The lowest BCUT2D eigenvalue weighted by Crippen LogP contribution is -2.24. The fraction of sp³-hybridized carbons (Fsp3) is 0.125. The summed E-state index contributed by atoms with van der Waals surface area (Å²) < 4.78 is 10.5. The molecule has 0 aliphatic carbocycles. The molecule has 2 N–H and O–H groups in total. The van der Waals surface area contributed by atoms with Gasteiger partial charge in [0.15, 0.2) is 18.1 Å². The van der Waals surface area contributed by atoms with Crippen molar-refractivity contribution in [3.05, 3.63) is 54.5 Å². The number of halogens is 3. The van der Waals surface area contributed by atoms with Gasteiger partial charge in [-0.2, -0.15) is 5.10 Å². The fourth-order valence-electron chi connectivity index (χ4n) is 2.00. The first-order chi connectivity index (χ1) is 13.2. The minimum atomic E-state index is -0.723. The van der Waals surface area contributed by atoms with E-state index in [0.717, 1.165) is 6.07 Å². The van der Waals surface area contributed by atoms with Crippen LogP contribution in [0.25, 0.3) is 0 Å². The van der Waals surface area contributed by atoms with Gasteiger partial charge in [-0.05, 0) is 39.7 Å². The fourth-order valence-corrected chi connectivity index (χ4v) is 2.99. The molecule has 12 heteroatoms. The number of rotatable bonds is 7. The molecule has 9 nitrogen and oxygen atoms in total. The molecule has 0 spiro atoms. The zero-order chi connectivity index (χ0) is 20.8. The first-order valence-electron chi connectivity index (χ1n) is 7.37. The Kier molecular flexibility index (Phi) is 7.44. The summed E-state index contributed by atoms with van der Waals surface area (Å²) >= 11 is 14.8. The second-order valence-electron chi connectivity index (χ2n) is 5.13. The van der Waals surface area contributed by atoms with Crippen LogP contribution in [0.3, 0.4) is 0 Å². The second kappa shape index (κ2) is 9.58. The lowest BCUT2D eigenvalue weighted by molar-refractivity contribution is -0.385. The van der Waals surface area contributed by atoms with E-state index >= 15 is 0 Å². The predicted octanol–water partition coefficient (Wildman–Crippen LogP) is 3.91. The highest BCUT2D eigenvalue weighted by Crippen LogP contribution is 2.37. The van der Waals surface area contributed by atoms with Crippen LogP contribution < -0.4 is 14.9 Å². The summed E-state index contributed by atoms with van der Waals surface area (Å²) in [5.74, 6) is -0.808. The number of amides is 1. The molecule has 2 aromatic rings. The number of hydrazone groups is 1. The Morgan fingerprint density at radius 1 is 1.39 bits per heavy atom. The number of nitrogens with zero attached hydrogens (tertiary/aromatic N) is 2. The number of nitro benzene ring substituents is 1. The second-order valence-corrected chi connectivity index (χ2v) is 6.83. The monoisotopic (exact) mass is 491 g/mol. The van der Waals surface area contributed by atoms with E-state index < -0.39 is 23.1 Å². The maximum atomic E-state index is 11.8. The molecule has 0 aliphatic heterocycles. The van der Waals surface area contributed by atoms with Crippen molar-refractivity contribution in [2.24, 2.45) is 5.10 Å². The van der Waals surface area contributed by atoms with Crippen LogP contribution in [0.1, 0.15) is 5.56 Å². The molecule has 0 fully saturated rings. The number of nitrogens with one attached hydrogen (secondary N) is 1. The highest BCUT2D eigenvalue weighted by molar-refractivity contribution is 9.10. The van der Waals surface area contributed by atoms with E-state index in [1.165, 1.54) is 25.5 Å². The number of phenolic OH excluding ortho intramolecular Hbond substituents is 1. The highest BCUT2D eigenvalue weighted by atomic mass is 79.9. The van der Waals surface area contributed by atoms with Crippen molar-refractivity contribution in [2.45, 2.75) is 0 Å². The molecular weight excluding hydrogens is 481 g/mol. The summed E-state index contributed by atoms with van der Waals surface area (Å²) in [7, 11) is 1.39. The van der Waals surface area contributed by atoms with Gasteiger partial charge in [-0.1, -0.05) is 23.2 Å². The molecule has 28 heavy (non-hydrogen) atoms. The average Bonchev–Trinajstić information content (AvgIpc) is 2.63. The van der Waals surface area contributed by atoms with Crippen LogP contribution in [-0.4, -0.2) is 35.9 Å². The number of carbonyl (C=O) groups excluding carboxylic acids is 1. The Morgan fingerprint density at radius 3 is 2.75 bits per heavy atom. The first-order valence-corrected chi connectivity index (χ1v) is 8.92. The Morgan fingerprint density at radius 2 is 2.11 bits per heavy atom. The number of carbonyl (C=O) groups is 1. The summed E-state index contributed by atoms with van der Waals surface area (Å²) in [5.41, 5.74) is 2.26. The van der Waals surface area contributed by atoms with Gasteiger partial charge in [-0.25, -0.2) is 5.43 Å². The van der Waals surface area contributed by atoms with Gasteiger partial charge in [0.1, 0.15) is 0 Å². The number of ether oxygens (including phenoxy) is 2. The van der Waals surface area contributed by atoms with Gasteiger partial charge in [0.05, 0.1) is 27.7 Å². The lowest BCUT2D eigenvalue weighted by atomic mass is 10.2. The molecule has 0 heterocycles. The zero-order valence-electron chi connectivity index (χ0n) is 14.1. The van der Waals surface area contributed by atoms with Crippen LogP contribution in [0, 0.1) is 10.1 Å². The number of phenols is 1. The summed E-state index contributed by atoms with van der Waals surface area (Å²) in [6.07, 6.45) is 1.31. The van der Waals surface area contributed by atoms with Crippen molar-refractivity contribution in [1.29, 1.82) is 0 Å². The Bertz CT molecular complexity index is 954. The van der Waals surface area contributed by atoms with Crippen molar-refractivity contribution < 1.29 is 24.3 Å². The molecule has 2 aromatic carbocycles. The average molecular weight is 493 g/mol. The third-order valence-electron chi connectivity index (χ3n) is 3.21. The number of aromatic hydroxyl groups is 1. The first kappa shape index (κ1) is 21.7. The molecule has 0 bridgehead atoms. The molecule has 0 aromatic heterocycles. The number of methoxy groups -OCH3 is 1. The standard InChI is InChI=1S/C16H12BrCl2N3O6/c1-27-13-3-8(2-10(17)15(13)24)6-20-21-14(23)7-28-16-11(19)4-9(18)5-12(16)22(25)26/h2-6,24H,7H2,1H3,(H,21,23)/b20-6-. The number of benzene rings is 2. The largest absolute Gasteiger partial charge is 0.503 e. The van der Waals surface area contributed by atoms with Gasteiger partial charge in [0, 0.05) is 11.1 Å². The third-order valence-corrected chi connectivity index (χ3v) is 4.31. The van der Waals surface area contributed by atoms with Crippen molar-refractivity contribution in [1.82, 2.24) is 5.43 Å². The van der Waals surface area contributed by atoms with Crippen LogP contribution in [0.2, 0.25) is 10.0 Å². The molecule has 0 radical (unpaired) electrons. The normalized spacial score (nSPS) is 10.7. The molecule has 0 unspecified atom stereocenters. The van der Waals surface area contributed by atoms with Gasteiger partial charge in [-0.15, -0.1) is 0 Å². The van der Waals surface area contributed by atoms with Gasteiger partial charge >= 0.3 is 5.69 Å². The maximum absolute atomic E-state index is 11.8. The van der Waals surface area contributed by atoms with Gasteiger partial charge < -0.3 is 14.6 Å². The molecule has 1 amide bonds. The van der Waals surface area contributed by atoms with Crippen LogP contribution >= 0.6 is 39.1 Å². The minimum Gasteiger partial charge on any atom is -0.503 e. The smallest absolute Gasteiger partial charge is 0.314 e. The molecule has 0 aliphatic rings. The number of hydrogen-bond acceptors (Lipinski definition) is 7. The van der Waals surface area contributed by atoms with Crippen LogP contribution in [0.15, 0.2) is 33.8 Å². The van der Waals surface area contributed by atoms with E-state index in [1.807, 2.05) is 0 Å². The van der Waals surface area contributed by atoms with E-state index in [9.17, 15) is 20.0 Å². The summed E-state index contributed by atoms with van der Waals surface area (Å²) in [6.45, 7) is -0.567. The SMILES string of the molecule is COc1cc(/C=N\NC(=O)COc2c(Cl)cc(Cl)cc2[N+](=O)[O-])cc(Br)c1O. The van der Waals surface area contributed by atoms with Crippen molar-refractivity contribution in [2.75, 3.05) is 13.7 Å². The van der Waals surface area contributed by atoms with Crippen molar-refractivity contribution in [3.8, 4) is 17.2 Å². The summed E-state index contributed by atoms with van der Waals surface area (Å²) in [5, 5.41) is 24.5. The Balaban J connectivity index is 2.02. The molecule has 2 rings (SSSR count). The van der Waals surface area contributed by atoms with Gasteiger partial charge in [0.25, 0.3) is 5.91 Å². The lowest BCUT2D eigenvalue weighted by Gasteiger charge is -2.08. The third kappa shape index (κ3) is 5.47. The van der Waals surface area contributed by atoms with Crippen molar-refractivity contribution in [3.63, 3.8) is 0 Å². The topological polar surface area (TPSA) is 123 Å². The quantitative estimate of drug-likeness (QED) is 0.343. The van der Waals surface area contributed by atoms with Gasteiger partial charge in [-0.3, -0.25) is 14.9 Å². The van der Waals surface area contributed by atoms with E-state index in [0.29, 0.717) is 10.0 Å². The molecule has 148 valence electrons. The summed E-state index contributed by atoms with van der Waals surface area (Å²) in [4.78, 5) is 22.2. The minimum absolute atomic E-state index is 0.0635. The van der Waals surface area contributed by atoms with Crippen molar-refractivity contribution >= 4 is 56.9 Å². The molecule has 0 saturated heterocycles. The van der Waals surface area contributed by atoms with Crippen LogP contribution in [-0.2, 0) is 4.79 Å². The molecule has 0 atom stereocenters. The highest BCUT2D eigenvalue weighted by Gasteiger charge is 2.21. The molecular formula is C16H12BrCl2N3O6.